The highest BCUT2D eigenvalue weighted by atomic mass is 15.2. The van der Waals surface area contributed by atoms with Gasteiger partial charge >= 0.3 is 0 Å². The van der Waals surface area contributed by atoms with Crippen LogP contribution in [-0.2, 0) is 0 Å². The van der Waals surface area contributed by atoms with Crippen molar-refractivity contribution in [3.63, 3.8) is 0 Å². The predicted molar refractivity (Wildman–Crippen MR) is 62.6 cm³/mol. The van der Waals surface area contributed by atoms with Crippen LogP contribution < -0.4 is 0 Å². The Hall–Kier alpha value is -0.0800. The van der Waals surface area contributed by atoms with Gasteiger partial charge < -0.3 is 4.90 Å². The molecule has 1 fully saturated rings. The van der Waals surface area contributed by atoms with Crippen LogP contribution in [0.25, 0.3) is 0 Å². The molecular formula is C12H26N2. The smallest absolute Gasteiger partial charge is 0.0112 e. The Balaban J connectivity index is 2.64. The molecule has 1 rings (SSSR count). The lowest BCUT2D eigenvalue weighted by atomic mass is 9.97. The van der Waals surface area contributed by atoms with Crippen LogP contribution in [0.2, 0.25) is 0 Å². The monoisotopic (exact) mass is 198 g/mol. The van der Waals surface area contributed by atoms with Gasteiger partial charge in [-0.2, -0.15) is 0 Å². The minimum absolute atomic E-state index is 0.697. The molecule has 2 nitrogen and oxygen atoms in total. The van der Waals surface area contributed by atoms with Crippen molar-refractivity contribution in [2.24, 2.45) is 5.92 Å². The average molecular weight is 198 g/mol. The molecule has 0 aromatic carbocycles. The third kappa shape index (κ3) is 2.71. The summed E-state index contributed by atoms with van der Waals surface area (Å²) in [5.74, 6) is 0.838. The topological polar surface area (TPSA) is 6.48 Å². The second kappa shape index (κ2) is 5.13. The van der Waals surface area contributed by atoms with Crippen molar-refractivity contribution in [3.8, 4) is 0 Å². The first kappa shape index (κ1) is 12.0. The molecule has 1 heterocycles. The SMILES string of the molecule is CCC1CN(C(C)C)CCN(C)C1C. The molecule has 2 atom stereocenters. The molecule has 0 spiro atoms. The van der Waals surface area contributed by atoms with E-state index >= 15 is 0 Å². The molecule has 0 N–H and O–H groups in total. The summed E-state index contributed by atoms with van der Waals surface area (Å²) in [4.78, 5) is 5.13. The summed E-state index contributed by atoms with van der Waals surface area (Å²) in [5, 5.41) is 0. The fraction of sp³-hybridized carbons (Fsp3) is 1.00. The minimum Gasteiger partial charge on any atom is -0.302 e. The van der Waals surface area contributed by atoms with Gasteiger partial charge in [-0.25, -0.2) is 0 Å². The Kier molecular flexibility index (Phi) is 4.39. The van der Waals surface area contributed by atoms with Crippen molar-refractivity contribution in [2.45, 2.75) is 46.2 Å². The highest BCUT2D eigenvalue weighted by Crippen LogP contribution is 2.19. The van der Waals surface area contributed by atoms with Crippen molar-refractivity contribution in [1.82, 2.24) is 9.80 Å². The molecular weight excluding hydrogens is 172 g/mol. The number of rotatable bonds is 2. The molecule has 0 aromatic rings. The summed E-state index contributed by atoms with van der Waals surface area (Å²) < 4.78 is 0. The fourth-order valence-electron chi connectivity index (χ4n) is 2.33. The molecule has 2 unspecified atom stereocenters. The van der Waals surface area contributed by atoms with Gasteiger partial charge in [0.2, 0.25) is 0 Å². The maximum absolute atomic E-state index is 2.62. The van der Waals surface area contributed by atoms with Gasteiger partial charge in [-0.1, -0.05) is 13.3 Å². The summed E-state index contributed by atoms with van der Waals surface area (Å²) in [6.45, 7) is 13.0. The molecule has 1 aliphatic rings. The molecule has 0 aromatic heterocycles. The zero-order valence-electron chi connectivity index (χ0n) is 10.5. The van der Waals surface area contributed by atoms with E-state index in [2.05, 4.69) is 44.5 Å². The maximum atomic E-state index is 2.62. The van der Waals surface area contributed by atoms with E-state index in [1.807, 2.05) is 0 Å². The van der Waals surface area contributed by atoms with Crippen molar-refractivity contribution >= 4 is 0 Å². The third-order valence-corrected chi connectivity index (χ3v) is 3.84. The first-order valence-corrected chi connectivity index (χ1v) is 6.00. The molecule has 1 aliphatic heterocycles. The lowest BCUT2D eigenvalue weighted by molar-refractivity contribution is 0.190. The lowest BCUT2D eigenvalue weighted by Gasteiger charge is -2.29. The Bertz CT molecular complexity index is 168. The van der Waals surface area contributed by atoms with E-state index in [0.717, 1.165) is 12.0 Å². The summed E-state index contributed by atoms with van der Waals surface area (Å²) in [6, 6.07) is 1.44. The third-order valence-electron chi connectivity index (χ3n) is 3.84. The largest absolute Gasteiger partial charge is 0.302 e. The quantitative estimate of drug-likeness (QED) is 0.670. The van der Waals surface area contributed by atoms with Gasteiger partial charge in [-0.3, -0.25) is 4.90 Å². The summed E-state index contributed by atoms with van der Waals surface area (Å²) in [5.41, 5.74) is 0. The van der Waals surface area contributed by atoms with Gasteiger partial charge in [0.1, 0.15) is 0 Å². The number of hydrogen-bond donors (Lipinski definition) is 0. The second-order valence-electron chi connectivity index (χ2n) is 4.98. The van der Waals surface area contributed by atoms with E-state index in [0.29, 0.717) is 6.04 Å². The van der Waals surface area contributed by atoms with E-state index in [4.69, 9.17) is 0 Å². The van der Waals surface area contributed by atoms with Gasteiger partial charge in [0.15, 0.2) is 0 Å². The van der Waals surface area contributed by atoms with E-state index in [1.165, 1.54) is 26.1 Å². The number of likely N-dealkylation sites (N-methyl/N-ethyl adjacent to an activating group) is 1. The molecule has 2 heteroatoms. The van der Waals surface area contributed by atoms with E-state index in [1.54, 1.807) is 0 Å². The predicted octanol–water partition coefficient (Wildman–Crippen LogP) is 2.06. The minimum atomic E-state index is 0.697. The highest BCUT2D eigenvalue weighted by molar-refractivity contribution is 4.81. The van der Waals surface area contributed by atoms with Gasteiger partial charge in [-0.05, 0) is 33.7 Å². The van der Waals surface area contributed by atoms with E-state index < -0.39 is 0 Å². The van der Waals surface area contributed by atoms with Crippen LogP contribution in [0.1, 0.15) is 34.1 Å². The Morgan fingerprint density at radius 3 is 2.43 bits per heavy atom. The van der Waals surface area contributed by atoms with Crippen LogP contribution in [0, 0.1) is 5.92 Å². The zero-order valence-corrected chi connectivity index (χ0v) is 10.5. The van der Waals surface area contributed by atoms with Gasteiger partial charge in [0.25, 0.3) is 0 Å². The molecule has 14 heavy (non-hydrogen) atoms. The molecule has 0 radical (unpaired) electrons. The number of nitrogens with zero attached hydrogens (tertiary/aromatic N) is 2. The summed E-state index contributed by atoms with van der Waals surface area (Å²) in [6.07, 6.45) is 1.30. The van der Waals surface area contributed by atoms with Crippen molar-refractivity contribution in [1.29, 1.82) is 0 Å². The van der Waals surface area contributed by atoms with Gasteiger partial charge in [0, 0.05) is 31.7 Å². The van der Waals surface area contributed by atoms with Crippen LogP contribution in [0.5, 0.6) is 0 Å². The highest BCUT2D eigenvalue weighted by Gasteiger charge is 2.26. The maximum Gasteiger partial charge on any atom is 0.0112 e. The van der Waals surface area contributed by atoms with Crippen LogP contribution in [-0.4, -0.2) is 48.6 Å². The van der Waals surface area contributed by atoms with Crippen LogP contribution in [0.4, 0.5) is 0 Å². The number of hydrogen-bond acceptors (Lipinski definition) is 2. The molecule has 0 aliphatic carbocycles. The first-order valence-electron chi connectivity index (χ1n) is 6.00. The first-order chi connectivity index (χ1) is 6.56. The van der Waals surface area contributed by atoms with Gasteiger partial charge in [-0.15, -0.1) is 0 Å². The summed E-state index contributed by atoms with van der Waals surface area (Å²) in [7, 11) is 2.26. The zero-order chi connectivity index (χ0) is 10.7. The average Bonchev–Trinajstić information content (AvgIpc) is 2.28. The fourth-order valence-corrected chi connectivity index (χ4v) is 2.33. The van der Waals surface area contributed by atoms with Crippen molar-refractivity contribution in [3.05, 3.63) is 0 Å². The molecule has 0 amide bonds. The molecule has 84 valence electrons. The van der Waals surface area contributed by atoms with Crippen LogP contribution in [0.3, 0.4) is 0 Å². The Morgan fingerprint density at radius 2 is 1.93 bits per heavy atom. The standard InChI is InChI=1S/C12H26N2/c1-6-12-9-14(10(2)3)8-7-13(5)11(12)4/h10-12H,6-9H2,1-5H3. The van der Waals surface area contributed by atoms with Crippen LogP contribution in [0.15, 0.2) is 0 Å². The van der Waals surface area contributed by atoms with Gasteiger partial charge in [0.05, 0.1) is 0 Å². The Morgan fingerprint density at radius 1 is 1.29 bits per heavy atom. The molecule has 0 saturated carbocycles. The van der Waals surface area contributed by atoms with Crippen molar-refractivity contribution in [2.75, 3.05) is 26.7 Å². The normalized spacial score (nSPS) is 32.1. The van der Waals surface area contributed by atoms with E-state index in [-0.39, 0.29) is 0 Å². The van der Waals surface area contributed by atoms with Crippen LogP contribution >= 0.6 is 0 Å². The lowest BCUT2D eigenvalue weighted by Crippen LogP contribution is -2.37. The summed E-state index contributed by atoms with van der Waals surface area (Å²) >= 11 is 0. The molecule has 0 bridgehead atoms. The van der Waals surface area contributed by atoms with E-state index in [9.17, 15) is 0 Å². The second-order valence-corrected chi connectivity index (χ2v) is 4.98. The van der Waals surface area contributed by atoms with Crippen molar-refractivity contribution < 1.29 is 0 Å². The Labute approximate surface area is 89.3 Å². The molecule has 1 saturated heterocycles.